The number of anilines is 1. The molecular weight excluding hydrogens is 267 g/mol. The standard InChI is InChI=1S/C17H25FN2O/c18-15-9-5-10-16(13-15)20(12-6-11-19)17(21)14-7-3-1-2-4-8-14/h5,9-10,13-14H,1-4,6-8,11-12,19H2. The van der Waals surface area contributed by atoms with Crippen LogP contribution in [0.1, 0.15) is 44.9 Å². The quantitative estimate of drug-likeness (QED) is 0.845. The van der Waals surface area contributed by atoms with Gasteiger partial charge >= 0.3 is 0 Å². The van der Waals surface area contributed by atoms with E-state index in [0.717, 1.165) is 32.1 Å². The van der Waals surface area contributed by atoms with Crippen molar-refractivity contribution in [1.82, 2.24) is 0 Å². The number of carbonyl (C=O) groups is 1. The Balaban J connectivity index is 2.15. The number of benzene rings is 1. The highest BCUT2D eigenvalue weighted by atomic mass is 19.1. The maximum atomic E-state index is 13.5. The molecule has 0 aliphatic heterocycles. The predicted octanol–water partition coefficient (Wildman–Crippen LogP) is 3.48. The summed E-state index contributed by atoms with van der Waals surface area (Å²) in [5, 5.41) is 0. The van der Waals surface area contributed by atoms with Gasteiger partial charge in [0.2, 0.25) is 5.91 Å². The van der Waals surface area contributed by atoms with E-state index in [0.29, 0.717) is 18.8 Å². The molecule has 3 nitrogen and oxygen atoms in total. The van der Waals surface area contributed by atoms with Crippen LogP contribution < -0.4 is 10.6 Å². The SMILES string of the molecule is NCCCN(C(=O)C1CCCCCC1)c1cccc(F)c1. The molecule has 1 saturated carbocycles. The van der Waals surface area contributed by atoms with E-state index in [1.54, 1.807) is 17.0 Å². The van der Waals surface area contributed by atoms with Gasteiger partial charge < -0.3 is 10.6 Å². The van der Waals surface area contributed by atoms with E-state index in [4.69, 9.17) is 5.73 Å². The molecule has 0 atom stereocenters. The van der Waals surface area contributed by atoms with Gasteiger partial charge in [-0.1, -0.05) is 31.7 Å². The molecule has 0 unspecified atom stereocenters. The lowest BCUT2D eigenvalue weighted by Gasteiger charge is -2.27. The fourth-order valence-electron chi connectivity index (χ4n) is 3.01. The zero-order valence-corrected chi connectivity index (χ0v) is 12.6. The van der Waals surface area contributed by atoms with Crippen LogP contribution in [0.4, 0.5) is 10.1 Å². The third-order valence-electron chi connectivity index (χ3n) is 4.18. The van der Waals surface area contributed by atoms with Crippen LogP contribution in [0.5, 0.6) is 0 Å². The van der Waals surface area contributed by atoms with Gasteiger partial charge in [-0.05, 0) is 44.0 Å². The summed E-state index contributed by atoms with van der Waals surface area (Å²) in [6.45, 7) is 1.10. The van der Waals surface area contributed by atoms with Crippen molar-refractivity contribution in [1.29, 1.82) is 0 Å². The van der Waals surface area contributed by atoms with Gasteiger partial charge in [0, 0.05) is 18.2 Å². The minimum atomic E-state index is -0.307. The van der Waals surface area contributed by atoms with Crippen molar-refractivity contribution in [2.75, 3.05) is 18.0 Å². The minimum Gasteiger partial charge on any atom is -0.330 e. The first-order valence-electron chi connectivity index (χ1n) is 7.99. The van der Waals surface area contributed by atoms with Crippen LogP contribution in [-0.2, 0) is 4.79 Å². The fourth-order valence-corrected chi connectivity index (χ4v) is 3.01. The lowest BCUT2D eigenvalue weighted by atomic mass is 9.98. The number of nitrogens with two attached hydrogens (primary N) is 1. The van der Waals surface area contributed by atoms with Gasteiger partial charge in [0.15, 0.2) is 0 Å². The average Bonchev–Trinajstić information content (AvgIpc) is 2.76. The van der Waals surface area contributed by atoms with Gasteiger partial charge in [0.25, 0.3) is 0 Å². The number of hydrogen-bond acceptors (Lipinski definition) is 2. The van der Waals surface area contributed by atoms with Crippen molar-refractivity contribution in [2.24, 2.45) is 11.7 Å². The van der Waals surface area contributed by atoms with Crippen LogP contribution >= 0.6 is 0 Å². The Labute approximate surface area is 126 Å². The van der Waals surface area contributed by atoms with E-state index in [2.05, 4.69) is 0 Å². The smallest absolute Gasteiger partial charge is 0.230 e. The number of amides is 1. The maximum absolute atomic E-state index is 13.5. The zero-order valence-electron chi connectivity index (χ0n) is 12.6. The summed E-state index contributed by atoms with van der Waals surface area (Å²) >= 11 is 0. The van der Waals surface area contributed by atoms with Crippen LogP contribution in [-0.4, -0.2) is 19.0 Å². The van der Waals surface area contributed by atoms with E-state index >= 15 is 0 Å². The molecule has 1 aromatic rings. The van der Waals surface area contributed by atoms with E-state index in [9.17, 15) is 9.18 Å². The molecule has 1 aromatic carbocycles. The van der Waals surface area contributed by atoms with E-state index in [1.165, 1.54) is 25.0 Å². The molecule has 1 fully saturated rings. The third-order valence-corrected chi connectivity index (χ3v) is 4.18. The van der Waals surface area contributed by atoms with Gasteiger partial charge in [0.05, 0.1) is 0 Å². The predicted molar refractivity (Wildman–Crippen MR) is 83.6 cm³/mol. The van der Waals surface area contributed by atoms with Gasteiger partial charge in [0.1, 0.15) is 5.82 Å². The molecule has 1 amide bonds. The second-order valence-electron chi connectivity index (χ2n) is 5.80. The normalized spacial score (nSPS) is 16.5. The molecule has 0 saturated heterocycles. The number of halogens is 1. The highest BCUT2D eigenvalue weighted by Gasteiger charge is 2.26. The highest BCUT2D eigenvalue weighted by molar-refractivity contribution is 5.95. The van der Waals surface area contributed by atoms with Crippen molar-refractivity contribution in [3.8, 4) is 0 Å². The maximum Gasteiger partial charge on any atom is 0.230 e. The first-order chi connectivity index (χ1) is 10.2. The van der Waals surface area contributed by atoms with Crippen molar-refractivity contribution in [2.45, 2.75) is 44.9 Å². The lowest BCUT2D eigenvalue weighted by Crippen LogP contribution is -2.37. The van der Waals surface area contributed by atoms with Crippen LogP contribution in [0, 0.1) is 11.7 Å². The monoisotopic (exact) mass is 292 g/mol. The molecule has 21 heavy (non-hydrogen) atoms. The van der Waals surface area contributed by atoms with Crippen molar-refractivity contribution in [3.05, 3.63) is 30.1 Å². The second kappa shape index (κ2) is 8.13. The summed E-state index contributed by atoms with van der Waals surface area (Å²) < 4.78 is 13.5. The molecule has 4 heteroatoms. The van der Waals surface area contributed by atoms with Gasteiger partial charge in [-0.3, -0.25) is 4.79 Å². The number of rotatable bonds is 5. The molecule has 1 aliphatic rings. The molecule has 0 spiro atoms. The Kier molecular flexibility index (Phi) is 6.18. The van der Waals surface area contributed by atoms with Crippen molar-refractivity contribution < 1.29 is 9.18 Å². The first kappa shape index (κ1) is 16.0. The fraction of sp³-hybridized carbons (Fsp3) is 0.588. The van der Waals surface area contributed by atoms with Crippen LogP contribution in [0.2, 0.25) is 0 Å². The highest BCUT2D eigenvalue weighted by Crippen LogP contribution is 2.27. The second-order valence-corrected chi connectivity index (χ2v) is 5.80. The largest absolute Gasteiger partial charge is 0.330 e. The zero-order chi connectivity index (χ0) is 15.1. The van der Waals surface area contributed by atoms with Gasteiger partial charge in [-0.25, -0.2) is 4.39 Å². The topological polar surface area (TPSA) is 46.3 Å². The Morgan fingerprint density at radius 1 is 1.24 bits per heavy atom. The molecular formula is C17H25FN2O. The molecule has 2 rings (SSSR count). The minimum absolute atomic E-state index is 0.0774. The summed E-state index contributed by atoms with van der Waals surface area (Å²) in [6.07, 6.45) is 7.29. The third kappa shape index (κ3) is 4.53. The summed E-state index contributed by atoms with van der Waals surface area (Å²) in [5.74, 6) is -0.0941. The van der Waals surface area contributed by atoms with Crippen LogP contribution in [0.15, 0.2) is 24.3 Å². The van der Waals surface area contributed by atoms with Gasteiger partial charge in [-0.2, -0.15) is 0 Å². The van der Waals surface area contributed by atoms with Gasteiger partial charge in [-0.15, -0.1) is 0 Å². The molecule has 1 aliphatic carbocycles. The summed E-state index contributed by atoms with van der Waals surface area (Å²) in [4.78, 5) is 14.6. The van der Waals surface area contributed by atoms with E-state index in [1.807, 2.05) is 0 Å². The Morgan fingerprint density at radius 2 is 1.95 bits per heavy atom. The first-order valence-corrected chi connectivity index (χ1v) is 7.99. The summed E-state index contributed by atoms with van der Waals surface area (Å²) in [6, 6.07) is 6.29. The molecule has 0 bridgehead atoms. The Bertz CT molecular complexity index is 456. The van der Waals surface area contributed by atoms with Crippen molar-refractivity contribution in [3.63, 3.8) is 0 Å². The van der Waals surface area contributed by atoms with Crippen molar-refractivity contribution >= 4 is 11.6 Å². The lowest BCUT2D eigenvalue weighted by molar-refractivity contribution is -0.122. The van der Waals surface area contributed by atoms with Crippen LogP contribution in [0.25, 0.3) is 0 Å². The molecule has 116 valence electrons. The summed E-state index contributed by atoms with van der Waals surface area (Å²) in [5.41, 5.74) is 6.23. The average molecular weight is 292 g/mol. The summed E-state index contributed by atoms with van der Waals surface area (Å²) in [7, 11) is 0. The Morgan fingerprint density at radius 3 is 2.57 bits per heavy atom. The van der Waals surface area contributed by atoms with Crippen LogP contribution in [0.3, 0.4) is 0 Å². The molecule has 0 radical (unpaired) electrons. The number of nitrogens with zero attached hydrogens (tertiary/aromatic N) is 1. The van der Waals surface area contributed by atoms with E-state index in [-0.39, 0.29) is 17.6 Å². The Hall–Kier alpha value is -1.42. The van der Waals surface area contributed by atoms with E-state index < -0.39 is 0 Å². The molecule has 2 N–H and O–H groups in total. The number of carbonyl (C=O) groups excluding carboxylic acids is 1. The number of hydrogen-bond donors (Lipinski definition) is 1. The molecule has 0 heterocycles. The molecule has 0 aromatic heterocycles.